The van der Waals surface area contributed by atoms with Crippen molar-refractivity contribution in [1.29, 1.82) is 0 Å². The highest BCUT2D eigenvalue weighted by atomic mass is 19.1. The standard InChI is InChI=1S/C19H22FN5O3/c1-9(2)13-4-5-15-22-17(24-25(13)15)19(27)21-12-8-28-14-7-10(3)6-11(20)16(14)23-18(12)26/h6-7,9,12-13H,4-5,8H2,1-3H3,(H,21,27)(H,23,26)/t12-,13+/m0/s1. The molecule has 0 saturated heterocycles. The van der Waals surface area contributed by atoms with Crippen molar-refractivity contribution in [2.75, 3.05) is 11.9 Å². The minimum Gasteiger partial charge on any atom is -0.489 e. The van der Waals surface area contributed by atoms with Crippen molar-refractivity contribution >= 4 is 17.5 Å². The summed E-state index contributed by atoms with van der Waals surface area (Å²) in [5, 5.41) is 9.41. The molecule has 2 aromatic rings. The molecule has 0 radical (unpaired) electrons. The first-order valence-corrected chi connectivity index (χ1v) is 9.33. The molecule has 2 N–H and O–H groups in total. The second-order valence-electron chi connectivity index (χ2n) is 7.59. The lowest BCUT2D eigenvalue weighted by Gasteiger charge is -2.15. The highest BCUT2D eigenvalue weighted by Gasteiger charge is 2.32. The maximum atomic E-state index is 14.1. The molecule has 2 atom stereocenters. The zero-order valence-electron chi connectivity index (χ0n) is 16.0. The van der Waals surface area contributed by atoms with Crippen LogP contribution in [-0.2, 0) is 11.2 Å². The number of halogens is 1. The number of nitrogens with zero attached hydrogens (tertiary/aromatic N) is 3. The second-order valence-corrected chi connectivity index (χ2v) is 7.59. The monoisotopic (exact) mass is 387 g/mol. The summed E-state index contributed by atoms with van der Waals surface area (Å²) in [5.74, 6) is -0.273. The number of carbonyl (C=O) groups excluding carboxylic acids is 2. The van der Waals surface area contributed by atoms with Gasteiger partial charge < -0.3 is 15.4 Å². The normalized spacial score (nSPS) is 20.8. The first-order chi connectivity index (χ1) is 13.3. The summed E-state index contributed by atoms with van der Waals surface area (Å²) in [6.45, 7) is 5.82. The van der Waals surface area contributed by atoms with E-state index in [9.17, 15) is 14.0 Å². The molecule has 2 amide bonds. The van der Waals surface area contributed by atoms with Crippen molar-refractivity contribution in [3.63, 3.8) is 0 Å². The van der Waals surface area contributed by atoms with E-state index in [2.05, 4.69) is 34.6 Å². The lowest BCUT2D eigenvalue weighted by Crippen LogP contribution is -2.46. The SMILES string of the molecule is Cc1cc(F)c2c(c1)OC[C@H](NC(=O)c1nc3n(n1)[C@@H](C(C)C)CC3)C(=O)N2. The molecular weight excluding hydrogens is 365 g/mol. The number of rotatable bonds is 3. The molecule has 148 valence electrons. The first kappa shape index (κ1) is 18.4. The van der Waals surface area contributed by atoms with E-state index in [4.69, 9.17) is 4.74 Å². The Morgan fingerprint density at radius 1 is 1.43 bits per heavy atom. The van der Waals surface area contributed by atoms with Crippen molar-refractivity contribution in [2.24, 2.45) is 5.92 Å². The van der Waals surface area contributed by atoms with Crippen molar-refractivity contribution in [1.82, 2.24) is 20.1 Å². The van der Waals surface area contributed by atoms with E-state index in [1.165, 1.54) is 6.07 Å². The van der Waals surface area contributed by atoms with Crippen molar-refractivity contribution < 1.29 is 18.7 Å². The third-order valence-electron chi connectivity index (χ3n) is 5.13. The van der Waals surface area contributed by atoms with Gasteiger partial charge in [-0.3, -0.25) is 9.59 Å². The Morgan fingerprint density at radius 2 is 2.21 bits per heavy atom. The number of carbonyl (C=O) groups is 2. The number of benzene rings is 1. The van der Waals surface area contributed by atoms with Gasteiger partial charge in [0.05, 0.1) is 6.04 Å². The molecule has 0 aliphatic carbocycles. The fourth-order valence-electron chi connectivity index (χ4n) is 3.64. The average Bonchev–Trinajstić information content (AvgIpc) is 3.16. The van der Waals surface area contributed by atoms with Gasteiger partial charge in [-0.1, -0.05) is 13.8 Å². The first-order valence-electron chi connectivity index (χ1n) is 9.33. The van der Waals surface area contributed by atoms with Crippen LogP contribution in [0.15, 0.2) is 12.1 Å². The molecule has 0 spiro atoms. The topological polar surface area (TPSA) is 98.1 Å². The molecular formula is C19H22FN5O3. The van der Waals surface area contributed by atoms with Crippen LogP contribution in [0.1, 0.15) is 48.3 Å². The van der Waals surface area contributed by atoms with Gasteiger partial charge in [-0.2, -0.15) is 0 Å². The molecule has 8 nitrogen and oxygen atoms in total. The van der Waals surface area contributed by atoms with Crippen LogP contribution in [0.3, 0.4) is 0 Å². The third kappa shape index (κ3) is 3.21. The molecule has 3 heterocycles. The zero-order chi connectivity index (χ0) is 20.0. The molecule has 2 aliphatic heterocycles. The number of hydrogen-bond acceptors (Lipinski definition) is 5. The van der Waals surface area contributed by atoms with E-state index < -0.39 is 23.7 Å². The Balaban J connectivity index is 1.49. The quantitative estimate of drug-likeness (QED) is 0.839. The summed E-state index contributed by atoms with van der Waals surface area (Å²) >= 11 is 0. The van der Waals surface area contributed by atoms with Crippen molar-refractivity contribution in [3.05, 3.63) is 35.2 Å². The largest absolute Gasteiger partial charge is 0.489 e. The fourth-order valence-corrected chi connectivity index (χ4v) is 3.64. The lowest BCUT2D eigenvalue weighted by molar-refractivity contribution is -0.118. The number of ether oxygens (including phenoxy) is 1. The molecule has 0 unspecified atom stereocenters. The Kier molecular flexibility index (Phi) is 4.52. The molecule has 0 bridgehead atoms. The van der Waals surface area contributed by atoms with Gasteiger partial charge in [0.25, 0.3) is 11.8 Å². The van der Waals surface area contributed by atoms with Gasteiger partial charge in [-0.05, 0) is 37.0 Å². The summed E-state index contributed by atoms with van der Waals surface area (Å²) in [7, 11) is 0. The predicted molar refractivity (Wildman–Crippen MR) is 98.7 cm³/mol. The summed E-state index contributed by atoms with van der Waals surface area (Å²) < 4.78 is 21.5. The fraction of sp³-hybridized carbons (Fsp3) is 0.474. The molecule has 1 aromatic carbocycles. The van der Waals surface area contributed by atoms with E-state index in [0.717, 1.165) is 18.7 Å². The van der Waals surface area contributed by atoms with Crippen LogP contribution in [0.5, 0.6) is 5.75 Å². The van der Waals surface area contributed by atoms with Gasteiger partial charge in [-0.15, -0.1) is 5.10 Å². The minimum atomic E-state index is -0.987. The van der Waals surface area contributed by atoms with Crippen LogP contribution >= 0.6 is 0 Å². The zero-order valence-corrected chi connectivity index (χ0v) is 16.0. The molecule has 1 aromatic heterocycles. The maximum Gasteiger partial charge on any atom is 0.291 e. The molecule has 4 rings (SSSR count). The molecule has 2 aliphatic rings. The summed E-state index contributed by atoms with van der Waals surface area (Å²) in [4.78, 5) is 29.3. The van der Waals surface area contributed by atoms with Crippen molar-refractivity contribution in [2.45, 2.75) is 45.7 Å². The minimum absolute atomic E-state index is 0.0220. The van der Waals surface area contributed by atoms with Crippen LogP contribution in [0.4, 0.5) is 10.1 Å². The van der Waals surface area contributed by atoms with Crippen LogP contribution in [0.2, 0.25) is 0 Å². The van der Waals surface area contributed by atoms with E-state index in [1.54, 1.807) is 17.7 Å². The second kappa shape index (κ2) is 6.88. The van der Waals surface area contributed by atoms with Gasteiger partial charge in [-0.25, -0.2) is 14.1 Å². The van der Waals surface area contributed by atoms with Gasteiger partial charge in [0.1, 0.15) is 29.9 Å². The van der Waals surface area contributed by atoms with Gasteiger partial charge in [0.15, 0.2) is 5.82 Å². The predicted octanol–water partition coefficient (Wildman–Crippen LogP) is 2.00. The van der Waals surface area contributed by atoms with E-state index in [-0.39, 0.29) is 29.9 Å². The smallest absolute Gasteiger partial charge is 0.291 e. The van der Waals surface area contributed by atoms with Gasteiger partial charge in [0.2, 0.25) is 5.82 Å². The van der Waals surface area contributed by atoms with Gasteiger partial charge in [0, 0.05) is 6.42 Å². The van der Waals surface area contributed by atoms with E-state index in [0.29, 0.717) is 11.5 Å². The number of anilines is 1. The Bertz CT molecular complexity index is 955. The lowest BCUT2D eigenvalue weighted by atomic mass is 10.0. The summed E-state index contributed by atoms with van der Waals surface area (Å²) in [5.41, 5.74) is 0.649. The van der Waals surface area contributed by atoms with E-state index >= 15 is 0 Å². The van der Waals surface area contributed by atoms with Crippen LogP contribution in [-0.4, -0.2) is 39.2 Å². The number of aromatic nitrogens is 3. The summed E-state index contributed by atoms with van der Waals surface area (Å²) in [6, 6.07) is 2.17. The Morgan fingerprint density at radius 3 is 2.96 bits per heavy atom. The number of hydrogen-bond donors (Lipinski definition) is 2. The maximum absolute atomic E-state index is 14.1. The van der Waals surface area contributed by atoms with Crippen LogP contribution in [0.25, 0.3) is 0 Å². The Labute approximate surface area is 161 Å². The van der Waals surface area contributed by atoms with Crippen LogP contribution in [0, 0.1) is 18.7 Å². The highest BCUT2D eigenvalue weighted by molar-refractivity contribution is 6.01. The third-order valence-corrected chi connectivity index (χ3v) is 5.13. The van der Waals surface area contributed by atoms with Crippen LogP contribution < -0.4 is 15.4 Å². The Hall–Kier alpha value is -2.97. The molecule has 0 saturated carbocycles. The molecule has 28 heavy (non-hydrogen) atoms. The molecule has 0 fully saturated rings. The van der Waals surface area contributed by atoms with E-state index in [1.807, 2.05) is 0 Å². The van der Waals surface area contributed by atoms with Gasteiger partial charge >= 0.3 is 0 Å². The van der Waals surface area contributed by atoms with Crippen molar-refractivity contribution in [3.8, 4) is 5.75 Å². The molecule has 9 heteroatoms. The average molecular weight is 387 g/mol. The summed E-state index contributed by atoms with van der Waals surface area (Å²) in [6.07, 6.45) is 1.72. The number of fused-ring (bicyclic) bond motifs is 2. The number of nitrogens with one attached hydrogen (secondary N) is 2. The number of aryl methyl sites for hydroxylation is 2. The number of amides is 2. The highest BCUT2D eigenvalue weighted by Crippen LogP contribution is 2.32.